The number of benzene rings is 3. The zero-order valence-electron chi connectivity index (χ0n) is 22.1. The highest BCUT2D eigenvalue weighted by Crippen LogP contribution is 2.35. The van der Waals surface area contributed by atoms with Gasteiger partial charge in [-0.15, -0.1) is 11.3 Å². The summed E-state index contributed by atoms with van der Waals surface area (Å²) in [5.41, 5.74) is 4.76. The molecule has 4 rings (SSSR count). The molecule has 1 aromatic heterocycles. The van der Waals surface area contributed by atoms with Crippen LogP contribution in [0.5, 0.6) is 5.75 Å². The molecule has 0 unspecified atom stereocenters. The van der Waals surface area contributed by atoms with E-state index in [1.165, 1.54) is 23.1 Å². The second-order valence-electron chi connectivity index (χ2n) is 9.74. The molecule has 0 spiro atoms. The Morgan fingerprint density at radius 1 is 1.05 bits per heavy atom. The molecule has 38 heavy (non-hydrogen) atoms. The average Bonchev–Trinajstić information content (AvgIpc) is 3.32. The van der Waals surface area contributed by atoms with Crippen LogP contribution in [0.3, 0.4) is 0 Å². The van der Waals surface area contributed by atoms with Crippen LogP contribution in [-0.2, 0) is 10.2 Å². The fraction of sp³-hybridized carbons (Fsp3) is 0.233. The molecule has 4 aromatic rings. The number of carbonyl (C=O) groups excluding carboxylic acids is 1. The zero-order valence-corrected chi connectivity index (χ0v) is 23.7. The third kappa shape index (κ3) is 6.36. The lowest BCUT2D eigenvalue weighted by atomic mass is 9.87. The van der Waals surface area contributed by atoms with E-state index in [9.17, 15) is 10.1 Å². The van der Waals surface area contributed by atoms with Gasteiger partial charge in [0.2, 0.25) is 5.91 Å². The summed E-state index contributed by atoms with van der Waals surface area (Å²) >= 11 is 2.73. The van der Waals surface area contributed by atoms with E-state index in [0.29, 0.717) is 27.0 Å². The first-order valence-electron chi connectivity index (χ1n) is 12.1. The van der Waals surface area contributed by atoms with Gasteiger partial charge in [0.25, 0.3) is 0 Å². The fourth-order valence-corrected chi connectivity index (χ4v) is 5.63. The molecule has 0 bridgehead atoms. The highest BCUT2D eigenvalue weighted by Gasteiger charge is 2.19. The Labute approximate surface area is 231 Å². The van der Waals surface area contributed by atoms with Gasteiger partial charge in [0.15, 0.2) is 0 Å². The van der Waals surface area contributed by atoms with E-state index in [4.69, 9.17) is 4.74 Å². The number of carbonyl (C=O) groups is 1. The molecular formula is C30H30N4O2S2. The largest absolute Gasteiger partial charge is 0.495 e. The van der Waals surface area contributed by atoms with Crippen LogP contribution < -0.4 is 15.4 Å². The molecule has 8 heteroatoms. The summed E-state index contributed by atoms with van der Waals surface area (Å²) in [6.45, 7) is 8.36. The number of nitriles is 1. The number of nitrogens with one attached hydrogen (secondary N) is 2. The maximum Gasteiger partial charge on any atom is 0.234 e. The van der Waals surface area contributed by atoms with E-state index in [1.807, 2.05) is 73.7 Å². The molecule has 0 atom stereocenters. The number of thiazole rings is 1. The van der Waals surface area contributed by atoms with Gasteiger partial charge in [0.1, 0.15) is 22.4 Å². The predicted octanol–water partition coefficient (Wildman–Crippen LogP) is 7.59. The van der Waals surface area contributed by atoms with Crippen molar-refractivity contribution in [2.75, 3.05) is 23.5 Å². The molecule has 0 aliphatic heterocycles. The Morgan fingerprint density at radius 2 is 1.79 bits per heavy atom. The summed E-state index contributed by atoms with van der Waals surface area (Å²) in [7, 11) is 1.58. The minimum absolute atomic E-state index is 0.0766. The number of hydrogen-bond donors (Lipinski definition) is 2. The number of fused-ring (bicyclic) bond motifs is 1. The van der Waals surface area contributed by atoms with Gasteiger partial charge in [-0.1, -0.05) is 68.9 Å². The van der Waals surface area contributed by atoms with Gasteiger partial charge in [-0.3, -0.25) is 4.79 Å². The van der Waals surface area contributed by atoms with Crippen LogP contribution in [-0.4, -0.2) is 23.8 Å². The quantitative estimate of drug-likeness (QED) is 0.223. The van der Waals surface area contributed by atoms with E-state index in [1.54, 1.807) is 7.11 Å². The molecule has 0 saturated heterocycles. The summed E-state index contributed by atoms with van der Waals surface area (Å²) in [6, 6.07) is 23.8. The summed E-state index contributed by atoms with van der Waals surface area (Å²) in [6.07, 6.45) is 0. The lowest BCUT2D eigenvalue weighted by molar-refractivity contribution is -0.113. The third-order valence-electron chi connectivity index (χ3n) is 5.93. The number of ether oxygens (including phenoxy) is 1. The van der Waals surface area contributed by atoms with E-state index in [2.05, 4.69) is 42.5 Å². The van der Waals surface area contributed by atoms with Gasteiger partial charge in [0.05, 0.1) is 33.8 Å². The van der Waals surface area contributed by atoms with Gasteiger partial charge < -0.3 is 15.4 Å². The number of allylic oxidation sites excluding steroid dienone is 1. The van der Waals surface area contributed by atoms with Crippen molar-refractivity contribution in [1.82, 2.24) is 4.98 Å². The van der Waals surface area contributed by atoms with Crippen molar-refractivity contribution in [3.63, 3.8) is 0 Å². The highest BCUT2D eigenvalue weighted by molar-refractivity contribution is 8.04. The lowest BCUT2D eigenvalue weighted by Crippen LogP contribution is -2.17. The number of thioether (sulfide) groups is 1. The van der Waals surface area contributed by atoms with Gasteiger partial charge in [0, 0.05) is 5.69 Å². The van der Waals surface area contributed by atoms with E-state index in [-0.39, 0.29) is 17.1 Å². The van der Waals surface area contributed by atoms with E-state index < -0.39 is 0 Å². The van der Waals surface area contributed by atoms with Crippen LogP contribution in [0.25, 0.3) is 15.8 Å². The standard InChI is InChI=1S/C30H30N4O2S2/c1-19-10-6-7-11-22(19)33-28(21(17-31)29-34-23-12-8-9-13-26(23)38-29)37-18-27(35)32-24-16-20(30(2,3)4)14-15-25(24)36-5/h6-16,33H,18H2,1-5H3,(H,32,35)/b28-21-. The topological polar surface area (TPSA) is 87.0 Å². The molecular weight excluding hydrogens is 512 g/mol. The maximum atomic E-state index is 13.1. The molecule has 0 aliphatic carbocycles. The molecule has 6 nitrogen and oxygen atoms in total. The second kappa shape index (κ2) is 11.7. The average molecular weight is 543 g/mol. The maximum absolute atomic E-state index is 13.1. The van der Waals surface area contributed by atoms with E-state index >= 15 is 0 Å². The molecule has 1 heterocycles. The van der Waals surface area contributed by atoms with Crippen molar-refractivity contribution in [3.05, 3.63) is 87.9 Å². The first-order chi connectivity index (χ1) is 18.2. The van der Waals surface area contributed by atoms with Gasteiger partial charge in [-0.05, 0) is 53.8 Å². The number of amides is 1. The second-order valence-corrected chi connectivity index (χ2v) is 11.8. The Kier molecular flexibility index (Phi) is 8.40. The molecule has 3 aromatic carbocycles. The number of aryl methyl sites for hydroxylation is 1. The molecule has 0 aliphatic rings. The summed E-state index contributed by atoms with van der Waals surface area (Å²) in [5.74, 6) is 0.482. The monoisotopic (exact) mass is 542 g/mol. The van der Waals surface area contributed by atoms with Gasteiger partial charge in [-0.2, -0.15) is 5.26 Å². The third-order valence-corrected chi connectivity index (χ3v) is 7.98. The lowest BCUT2D eigenvalue weighted by Gasteiger charge is -2.21. The molecule has 1 amide bonds. The SMILES string of the molecule is COc1ccc(C(C)(C)C)cc1NC(=O)CS/C(Nc1ccccc1C)=C(/C#N)c1nc2ccccc2s1. The van der Waals surface area contributed by atoms with Crippen LogP contribution in [0.1, 0.15) is 36.9 Å². The summed E-state index contributed by atoms with van der Waals surface area (Å²) < 4.78 is 6.48. The number of aromatic nitrogens is 1. The van der Waals surface area contributed by atoms with Gasteiger partial charge in [-0.25, -0.2) is 4.98 Å². The Balaban J connectivity index is 1.64. The van der Waals surface area contributed by atoms with Crippen LogP contribution >= 0.6 is 23.1 Å². The van der Waals surface area contributed by atoms with Crippen molar-refractivity contribution in [3.8, 4) is 11.8 Å². The Bertz CT molecular complexity index is 1510. The van der Waals surface area contributed by atoms with Crippen molar-refractivity contribution < 1.29 is 9.53 Å². The minimum atomic E-state index is -0.204. The number of para-hydroxylation sites is 2. The zero-order chi connectivity index (χ0) is 27.3. The summed E-state index contributed by atoms with van der Waals surface area (Å²) in [5, 5.41) is 17.8. The number of nitrogens with zero attached hydrogens (tertiary/aromatic N) is 2. The van der Waals surface area contributed by atoms with Crippen LogP contribution in [0.15, 0.2) is 71.8 Å². The first kappa shape index (κ1) is 27.2. The fourth-order valence-electron chi connectivity index (χ4n) is 3.78. The molecule has 0 fully saturated rings. The predicted molar refractivity (Wildman–Crippen MR) is 160 cm³/mol. The minimum Gasteiger partial charge on any atom is -0.495 e. The van der Waals surface area contributed by atoms with Crippen molar-refractivity contribution in [2.45, 2.75) is 33.1 Å². The number of methoxy groups -OCH3 is 1. The number of anilines is 2. The van der Waals surface area contributed by atoms with Crippen molar-refractivity contribution in [2.24, 2.45) is 0 Å². The number of hydrogen-bond acceptors (Lipinski definition) is 7. The normalized spacial score (nSPS) is 12.0. The van der Waals surface area contributed by atoms with Crippen molar-refractivity contribution >= 4 is 56.2 Å². The van der Waals surface area contributed by atoms with Gasteiger partial charge >= 0.3 is 0 Å². The first-order valence-corrected chi connectivity index (χ1v) is 13.9. The van der Waals surface area contributed by atoms with Crippen LogP contribution in [0.4, 0.5) is 11.4 Å². The Morgan fingerprint density at radius 3 is 2.47 bits per heavy atom. The van der Waals surface area contributed by atoms with Crippen molar-refractivity contribution in [1.29, 1.82) is 5.26 Å². The molecule has 0 saturated carbocycles. The summed E-state index contributed by atoms with van der Waals surface area (Å²) in [4.78, 5) is 17.8. The molecule has 194 valence electrons. The van der Waals surface area contributed by atoms with Crippen LogP contribution in [0.2, 0.25) is 0 Å². The number of rotatable bonds is 8. The highest BCUT2D eigenvalue weighted by atomic mass is 32.2. The Hall–Kier alpha value is -3.80. The van der Waals surface area contributed by atoms with Crippen LogP contribution in [0, 0.1) is 18.3 Å². The molecule has 0 radical (unpaired) electrons. The smallest absolute Gasteiger partial charge is 0.234 e. The van der Waals surface area contributed by atoms with E-state index in [0.717, 1.165) is 27.0 Å². The molecule has 2 N–H and O–H groups in total.